The van der Waals surface area contributed by atoms with Crippen molar-refractivity contribution in [3.63, 3.8) is 0 Å². The molecule has 1 saturated heterocycles. The zero-order valence-electron chi connectivity index (χ0n) is 13.4. The smallest absolute Gasteiger partial charge is 0.233 e. The molecule has 2 aromatic rings. The summed E-state index contributed by atoms with van der Waals surface area (Å²) in [5.74, 6) is 0.300. The Balaban J connectivity index is 1.62. The number of amides is 1. The minimum Gasteiger partial charge on any atom is -0.361 e. The minimum absolute atomic E-state index is 0.300. The third-order valence-electron chi connectivity index (χ3n) is 5.43. The number of hydrogen-bond donors (Lipinski definition) is 1. The van der Waals surface area contributed by atoms with Gasteiger partial charge in [-0.05, 0) is 43.1 Å². The fourth-order valence-corrected chi connectivity index (χ4v) is 3.95. The Morgan fingerprint density at radius 3 is 2.65 bits per heavy atom. The first kappa shape index (κ1) is 15.0. The number of fused-ring (bicyclic) bond motifs is 1. The SMILES string of the molecule is CCN1CCN(C(=O)C2(c3c[nH]c4ccc(Cl)cc34)CC2)CC1. The standard InChI is InChI=1S/C18H22ClN3O/c1-2-21-7-9-22(10-8-21)17(23)18(5-6-18)15-12-20-16-4-3-13(19)11-14(15)16/h3-4,11-12,20H,2,5-10H2,1H3. The van der Waals surface area contributed by atoms with Crippen LogP contribution in [0.4, 0.5) is 0 Å². The molecule has 1 aromatic carbocycles. The number of nitrogens with zero attached hydrogens (tertiary/aromatic N) is 2. The van der Waals surface area contributed by atoms with Crippen molar-refractivity contribution in [2.75, 3.05) is 32.7 Å². The quantitative estimate of drug-likeness (QED) is 0.939. The second-order valence-electron chi connectivity index (χ2n) is 6.70. The first-order valence-electron chi connectivity index (χ1n) is 8.43. The molecule has 0 radical (unpaired) electrons. The molecule has 1 saturated carbocycles. The van der Waals surface area contributed by atoms with Crippen LogP contribution in [0.1, 0.15) is 25.3 Å². The normalized spacial score (nSPS) is 20.9. The number of benzene rings is 1. The fraction of sp³-hybridized carbons (Fsp3) is 0.500. The number of H-pyrrole nitrogens is 1. The number of hydrogen-bond acceptors (Lipinski definition) is 2. The van der Waals surface area contributed by atoms with Crippen LogP contribution in [0, 0.1) is 0 Å². The van der Waals surface area contributed by atoms with E-state index in [9.17, 15) is 4.79 Å². The van der Waals surface area contributed by atoms with E-state index >= 15 is 0 Å². The zero-order valence-corrected chi connectivity index (χ0v) is 14.2. The number of nitrogens with one attached hydrogen (secondary N) is 1. The van der Waals surface area contributed by atoms with Crippen LogP contribution in [0.5, 0.6) is 0 Å². The number of rotatable bonds is 3. The summed E-state index contributed by atoms with van der Waals surface area (Å²) in [4.78, 5) is 20.9. The van der Waals surface area contributed by atoms with E-state index in [1.807, 2.05) is 24.4 Å². The molecule has 2 heterocycles. The molecule has 23 heavy (non-hydrogen) atoms. The van der Waals surface area contributed by atoms with Crippen LogP contribution in [-0.4, -0.2) is 53.4 Å². The molecule has 2 fully saturated rings. The average molecular weight is 332 g/mol. The summed E-state index contributed by atoms with van der Waals surface area (Å²) in [5, 5.41) is 1.81. The Morgan fingerprint density at radius 1 is 1.26 bits per heavy atom. The Morgan fingerprint density at radius 2 is 2.00 bits per heavy atom. The zero-order chi connectivity index (χ0) is 16.0. The van der Waals surface area contributed by atoms with Gasteiger partial charge in [0, 0.05) is 48.3 Å². The predicted octanol–water partition coefficient (Wildman–Crippen LogP) is 3.02. The number of carbonyl (C=O) groups is 1. The van der Waals surface area contributed by atoms with Gasteiger partial charge in [-0.15, -0.1) is 0 Å². The van der Waals surface area contributed by atoms with Crippen molar-refractivity contribution < 1.29 is 4.79 Å². The van der Waals surface area contributed by atoms with E-state index in [1.165, 1.54) is 0 Å². The lowest BCUT2D eigenvalue weighted by Crippen LogP contribution is -2.51. The van der Waals surface area contributed by atoms with Crippen molar-refractivity contribution >= 4 is 28.4 Å². The molecule has 122 valence electrons. The molecule has 1 amide bonds. The molecular weight excluding hydrogens is 310 g/mol. The van der Waals surface area contributed by atoms with Crippen molar-refractivity contribution in [2.45, 2.75) is 25.2 Å². The van der Waals surface area contributed by atoms with Gasteiger partial charge in [-0.2, -0.15) is 0 Å². The molecule has 0 atom stereocenters. The van der Waals surface area contributed by atoms with Crippen molar-refractivity contribution in [1.29, 1.82) is 0 Å². The van der Waals surface area contributed by atoms with E-state index in [0.29, 0.717) is 5.91 Å². The summed E-state index contributed by atoms with van der Waals surface area (Å²) in [7, 11) is 0. The summed E-state index contributed by atoms with van der Waals surface area (Å²) in [6, 6.07) is 5.85. The van der Waals surface area contributed by atoms with Crippen molar-refractivity contribution in [3.05, 3.63) is 35.0 Å². The summed E-state index contributed by atoms with van der Waals surface area (Å²) in [6.45, 7) is 6.90. The Bertz CT molecular complexity index is 742. The van der Waals surface area contributed by atoms with Gasteiger partial charge < -0.3 is 14.8 Å². The lowest BCUT2D eigenvalue weighted by atomic mass is 9.93. The van der Waals surface area contributed by atoms with Gasteiger partial charge in [-0.1, -0.05) is 18.5 Å². The highest BCUT2D eigenvalue weighted by Crippen LogP contribution is 2.52. The number of aromatic amines is 1. The third-order valence-corrected chi connectivity index (χ3v) is 5.66. The van der Waals surface area contributed by atoms with Crippen LogP contribution in [-0.2, 0) is 10.2 Å². The molecule has 0 bridgehead atoms. The molecule has 2 aliphatic rings. The van der Waals surface area contributed by atoms with E-state index in [0.717, 1.165) is 67.1 Å². The highest BCUT2D eigenvalue weighted by molar-refractivity contribution is 6.31. The summed E-state index contributed by atoms with van der Waals surface area (Å²) in [5.41, 5.74) is 1.86. The molecule has 5 heteroatoms. The number of likely N-dealkylation sites (N-methyl/N-ethyl adjacent to an activating group) is 1. The predicted molar refractivity (Wildman–Crippen MR) is 92.9 cm³/mol. The number of halogens is 1. The molecule has 1 aliphatic carbocycles. The molecule has 1 N–H and O–H groups in total. The van der Waals surface area contributed by atoms with Gasteiger partial charge >= 0.3 is 0 Å². The lowest BCUT2D eigenvalue weighted by Gasteiger charge is -2.36. The average Bonchev–Trinajstić information content (AvgIpc) is 3.28. The number of piperazine rings is 1. The molecule has 0 spiro atoms. The highest BCUT2D eigenvalue weighted by Gasteiger charge is 2.54. The van der Waals surface area contributed by atoms with Gasteiger partial charge in [-0.25, -0.2) is 0 Å². The van der Waals surface area contributed by atoms with Crippen molar-refractivity contribution in [2.24, 2.45) is 0 Å². The van der Waals surface area contributed by atoms with Gasteiger partial charge in [0.1, 0.15) is 0 Å². The summed E-state index contributed by atoms with van der Waals surface area (Å²) >= 11 is 6.16. The van der Waals surface area contributed by atoms with Crippen LogP contribution in [0.2, 0.25) is 5.02 Å². The molecule has 4 rings (SSSR count). The van der Waals surface area contributed by atoms with E-state index in [1.54, 1.807) is 0 Å². The van der Waals surface area contributed by atoms with Gasteiger partial charge in [0.2, 0.25) is 5.91 Å². The lowest BCUT2D eigenvalue weighted by molar-refractivity contribution is -0.135. The minimum atomic E-state index is -0.322. The first-order valence-corrected chi connectivity index (χ1v) is 8.81. The second kappa shape index (κ2) is 5.53. The largest absolute Gasteiger partial charge is 0.361 e. The maximum absolute atomic E-state index is 13.2. The molecule has 1 aliphatic heterocycles. The maximum atomic E-state index is 13.2. The van der Waals surface area contributed by atoms with Gasteiger partial charge in [0.25, 0.3) is 0 Å². The van der Waals surface area contributed by atoms with Crippen LogP contribution in [0.25, 0.3) is 10.9 Å². The molecule has 4 nitrogen and oxygen atoms in total. The van der Waals surface area contributed by atoms with Gasteiger partial charge in [0.15, 0.2) is 0 Å². The monoisotopic (exact) mass is 331 g/mol. The van der Waals surface area contributed by atoms with Crippen molar-refractivity contribution in [1.82, 2.24) is 14.8 Å². The molecular formula is C18H22ClN3O. The van der Waals surface area contributed by atoms with Crippen LogP contribution in [0.15, 0.2) is 24.4 Å². The van der Waals surface area contributed by atoms with Crippen LogP contribution >= 0.6 is 11.6 Å². The highest BCUT2D eigenvalue weighted by atomic mass is 35.5. The second-order valence-corrected chi connectivity index (χ2v) is 7.14. The van der Waals surface area contributed by atoms with Gasteiger partial charge in [-0.3, -0.25) is 4.79 Å². The molecule has 1 aromatic heterocycles. The van der Waals surface area contributed by atoms with E-state index in [2.05, 4.69) is 21.7 Å². The van der Waals surface area contributed by atoms with E-state index in [-0.39, 0.29) is 5.41 Å². The Hall–Kier alpha value is -1.52. The third kappa shape index (κ3) is 2.45. The number of aromatic nitrogens is 1. The summed E-state index contributed by atoms with van der Waals surface area (Å²) in [6.07, 6.45) is 3.90. The fourth-order valence-electron chi connectivity index (χ4n) is 3.78. The number of carbonyl (C=O) groups excluding carboxylic acids is 1. The maximum Gasteiger partial charge on any atom is 0.233 e. The summed E-state index contributed by atoms with van der Waals surface area (Å²) < 4.78 is 0. The van der Waals surface area contributed by atoms with Crippen LogP contribution < -0.4 is 0 Å². The van der Waals surface area contributed by atoms with E-state index in [4.69, 9.17) is 11.6 Å². The van der Waals surface area contributed by atoms with E-state index < -0.39 is 0 Å². The Labute approximate surface area is 141 Å². The van der Waals surface area contributed by atoms with Crippen LogP contribution in [0.3, 0.4) is 0 Å². The topological polar surface area (TPSA) is 39.3 Å². The Kier molecular flexibility index (Phi) is 3.62. The first-order chi connectivity index (χ1) is 11.1. The van der Waals surface area contributed by atoms with Gasteiger partial charge in [0.05, 0.1) is 5.41 Å². The van der Waals surface area contributed by atoms with Crippen molar-refractivity contribution in [3.8, 4) is 0 Å². The molecule has 0 unspecified atom stereocenters.